The van der Waals surface area contributed by atoms with Crippen molar-refractivity contribution in [1.82, 2.24) is 0 Å². The minimum Gasteiger partial charge on any atom is -0.448 e. The predicted octanol–water partition coefficient (Wildman–Crippen LogP) is 8.96. The van der Waals surface area contributed by atoms with Gasteiger partial charge in [-0.15, -0.1) is 0 Å². The van der Waals surface area contributed by atoms with Crippen molar-refractivity contribution >= 4 is 14.8 Å². The molecule has 0 heterocycles. The van der Waals surface area contributed by atoms with Crippen molar-refractivity contribution in [2.24, 2.45) is 0 Å². The second-order valence-corrected chi connectivity index (χ2v) is 9.12. The molecule has 0 rings (SSSR count). The average Bonchev–Trinajstić information content (AvgIpc) is 2.67. The summed E-state index contributed by atoms with van der Waals surface area (Å²) in [4.78, 5) is 11.7. The van der Waals surface area contributed by atoms with Crippen LogP contribution in [0.25, 0.3) is 0 Å². The summed E-state index contributed by atoms with van der Waals surface area (Å²) < 4.78 is 5.38. The number of rotatable bonds is 22. The molecule has 0 amide bonds. The van der Waals surface area contributed by atoms with Gasteiger partial charge in [0.2, 0.25) is 0 Å². The fourth-order valence-electron chi connectivity index (χ4n) is 3.45. The third-order valence-electron chi connectivity index (χ3n) is 5.30. The van der Waals surface area contributed by atoms with Gasteiger partial charge in [0.25, 0.3) is 0 Å². The van der Waals surface area contributed by atoms with E-state index >= 15 is 0 Å². The van der Waals surface area contributed by atoms with E-state index in [0.29, 0.717) is 15.2 Å². The number of hydrogen-bond donors (Lipinski definition) is 0. The van der Waals surface area contributed by atoms with Crippen molar-refractivity contribution in [3.63, 3.8) is 0 Å². The summed E-state index contributed by atoms with van der Waals surface area (Å²) in [5, 5.41) is 0. The van der Waals surface area contributed by atoms with E-state index in [0.717, 1.165) is 12.6 Å². The molecular weight excluding hydrogens is 351 g/mol. The zero-order chi connectivity index (χ0) is 19.8. The Balaban J connectivity index is 3.11. The normalized spacial score (nSPS) is 11.5. The first-order valence-corrected chi connectivity index (χ1v) is 13.3. The van der Waals surface area contributed by atoms with Crippen LogP contribution in [0.1, 0.15) is 142 Å². The minimum absolute atomic E-state index is 0.0285. The molecule has 0 aromatic heterocycles. The van der Waals surface area contributed by atoms with Crippen LogP contribution in [0.3, 0.4) is 0 Å². The van der Waals surface area contributed by atoms with Crippen molar-refractivity contribution in [1.29, 1.82) is 0 Å². The molecule has 0 aromatic carbocycles. The number of carbonyl (C=O) groups excluding carboxylic acids is 1. The Bertz CT molecular complexity index is 294. The molecule has 27 heavy (non-hydrogen) atoms. The molecule has 0 bridgehead atoms. The molecule has 2 nitrogen and oxygen atoms in total. The van der Waals surface area contributed by atoms with Gasteiger partial charge < -0.3 is 4.52 Å². The van der Waals surface area contributed by atoms with E-state index in [1.54, 1.807) is 0 Å². The maximum absolute atomic E-state index is 11.7. The first kappa shape index (κ1) is 26.9. The molecule has 0 spiro atoms. The lowest BCUT2D eigenvalue weighted by atomic mass is 10.1. The summed E-state index contributed by atoms with van der Waals surface area (Å²) in [6.07, 6.45) is 27.1. The van der Waals surface area contributed by atoms with Crippen molar-refractivity contribution < 1.29 is 9.32 Å². The zero-order valence-corrected chi connectivity index (χ0v) is 19.7. The largest absolute Gasteiger partial charge is 0.448 e. The second-order valence-electron chi connectivity index (χ2n) is 8.13. The van der Waals surface area contributed by atoms with E-state index < -0.39 is 0 Å². The van der Waals surface area contributed by atoms with Crippen molar-refractivity contribution in [3.8, 4) is 0 Å². The first-order chi connectivity index (χ1) is 13.3. The van der Waals surface area contributed by atoms with Gasteiger partial charge in [0.1, 0.15) is 0 Å². The molecule has 0 saturated carbocycles. The van der Waals surface area contributed by atoms with Crippen molar-refractivity contribution in [2.75, 3.05) is 6.16 Å². The minimum atomic E-state index is 0.0285. The van der Waals surface area contributed by atoms with Crippen LogP contribution in [-0.2, 0) is 9.32 Å². The van der Waals surface area contributed by atoms with Crippen LogP contribution >= 0.6 is 8.81 Å². The smallest absolute Gasteiger partial charge is 0.308 e. The third kappa shape index (κ3) is 23.9. The van der Waals surface area contributed by atoms with Gasteiger partial charge in [0.05, 0.1) is 8.81 Å². The Morgan fingerprint density at radius 1 is 0.556 bits per heavy atom. The summed E-state index contributed by atoms with van der Waals surface area (Å²) in [7, 11) is 0.387. The molecule has 0 saturated heterocycles. The van der Waals surface area contributed by atoms with Gasteiger partial charge >= 0.3 is 5.97 Å². The summed E-state index contributed by atoms with van der Waals surface area (Å²) in [6, 6.07) is 0. The lowest BCUT2D eigenvalue weighted by molar-refractivity contribution is -0.133. The van der Waals surface area contributed by atoms with E-state index in [2.05, 4.69) is 13.8 Å². The highest BCUT2D eigenvalue weighted by Crippen LogP contribution is 2.19. The van der Waals surface area contributed by atoms with Crippen molar-refractivity contribution in [2.45, 2.75) is 142 Å². The number of carbonyl (C=O) groups is 1. The van der Waals surface area contributed by atoms with Gasteiger partial charge in [-0.3, -0.25) is 4.79 Å². The highest BCUT2D eigenvalue weighted by atomic mass is 31.1. The molecule has 0 N–H and O–H groups in total. The van der Waals surface area contributed by atoms with Gasteiger partial charge in [-0.1, -0.05) is 123 Å². The molecule has 162 valence electrons. The quantitative estimate of drug-likeness (QED) is 0.134. The molecule has 0 radical (unpaired) electrons. The Labute approximate surface area is 172 Å². The van der Waals surface area contributed by atoms with Crippen LogP contribution in [0.2, 0.25) is 0 Å². The van der Waals surface area contributed by atoms with Gasteiger partial charge in [-0.25, -0.2) is 0 Å². The van der Waals surface area contributed by atoms with Gasteiger partial charge in [0.15, 0.2) is 0 Å². The van der Waals surface area contributed by atoms with Crippen LogP contribution in [0, 0.1) is 0 Å². The third-order valence-corrected chi connectivity index (χ3v) is 6.23. The Kier molecular flexibility index (Phi) is 23.8. The molecule has 1 unspecified atom stereocenters. The SMILES string of the molecule is CCCCCCCCCCCCCCPOC(=O)CCCCCCCCC. The Hall–Kier alpha value is -0.100. The van der Waals surface area contributed by atoms with Crippen LogP contribution in [0.4, 0.5) is 0 Å². The number of unbranched alkanes of at least 4 members (excludes halogenated alkanes) is 17. The van der Waals surface area contributed by atoms with E-state index in [1.807, 2.05) is 0 Å². The molecule has 3 heteroatoms. The highest BCUT2D eigenvalue weighted by Gasteiger charge is 2.02. The average molecular weight is 401 g/mol. The summed E-state index contributed by atoms with van der Waals surface area (Å²) in [5.41, 5.74) is 0. The molecule has 0 aromatic rings. The maximum Gasteiger partial charge on any atom is 0.308 e. The van der Waals surface area contributed by atoms with Crippen LogP contribution in [-0.4, -0.2) is 12.1 Å². The van der Waals surface area contributed by atoms with Gasteiger partial charge in [-0.05, 0) is 12.8 Å². The monoisotopic (exact) mass is 400 g/mol. The number of hydrogen-bond acceptors (Lipinski definition) is 2. The Morgan fingerprint density at radius 2 is 0.926 bits per heavy atom. The van der Waals surface area contributed by atoms with Gasteiger partial charge in [-0.2, -0.15) is 0 Å². The van der Waals surface area contributed by atoms with Crippen molar-refractivity contribution in [3.05, 3.63) is 0 Å². The lowest BCUT2D eigenvalue weighted by Gasteiger charge is -2.05. The second kappa shape index (κ2) is 23.9. The first-order valence-electron chi connectivity index (χ1n) is 12.2. The molecule has 1 atom stereocenters. The van der Waals surface area contributed by atoms with Crippen LogP contribution < -0.4 is 0 Å². The van der Waals surface area contributed by atoms with E-state index in [1.165, 1.54) is 116 Å². The molecule has 0 aliphatic heterocycles. The molecule has 0 aliphatic carbocycles. The van der Waals surface area contributed by atoms with E-state index in [9.17, 15) is 4.79 Å². The van der Waals surface area contributed by atoms with E-state index in [4.69, 9.17) is 4.52 Å². The van der Waals surface area contributed by atoms with Crippen LogP contribution in [0.15, 0.2) is 0 Å². The summed E-state index contributed by atoms with van der Waals surface area (Å²) >= 11 is 0. The zero-order valence-electron chi connectivity index (χ0n) is 18.7. The van der Waals surface area contributed by atoms with Crippen LogP contribution in [0.5, 0.6) is 0 Å². The lowest BCUT2D eigenvalue weighted by Crippen LogP contribution is -1.98. The maximum atomic E-state index is 11.7. The predicted molar refractivity (Wildman–Crippen MR) is 123 cm³/mol. The fourth-order valence-corrected chi connectivity index (χ4v) is 4.21. The topological polar surface area (TPSA) is 26.3 Å². The fraction of sp³-hybridized carbons (Fsp3) is 0.958. The summed E-state index contributed by atoms with van der Waals surface area (Å²) in [6.45, 7) is 4.52. The molecular formula is C24H49O2P. The van der Waals surface area contributed by atoms with E-state index in [-0.39, 0.29) is 5.97 Å². The molecule has 0 fully saturated rings. The summed E-state index contributed by atoms with van der Waals surface area (Å²) in [5.74, 6) is 0.0285. The Morgan fingerprint density at radius 3 is 1.37 bits per heavy atom. The molecule has 0 aliphatic rings. The highest BCUT2D eigenvalue weighted by molar-refractivity contribution is 7.32. The standard InChI is InChI=1S/C24H49O2P/c1-3-5-7-9-11-12-13-14-15-17-19-21-23-27-26-24(25)22-20-18-16-10-8-6-4-2/h27H,3-23H2,1-2H3. The van der Waals surface area contributed by atoms with Gasteiger partial charge in [0, 0.05) is 12.6 Å².